The summed E-state index contributed by atoms with van der Waals surface area (Å²) in [6.45, 7) is 2.17. The molecule has 1 aromatic heterocycles. The van der Waals surface area contributed by atoms with E-state index in [-0.39, 0.29) is 5.97 Å². The zero-order valence-corrected chi connectivity index (χ0v) is 9.09. The Kier molecular flexibility index (Phi) is 3.48. The number of pyridine rings is 1. The van der Waals surface area contributed by atoms with Gasteiger partial charge in [0.1, 0.15) is 4.60 Å². The molecule has 0 atom stereocenters. The topological polar surface area (TPSA) is 39.2 Å². The average Bonchev–Trinajstić information content (AvgIpc) is 2.03. The summed E-state index contributed by atoms with van der Waals surface area (Å²) in [6, 6.07) is 3.34. The third kappa shape index (κ3) is 2.84. The van der Waals surface area contributed by atoms with E-state index in [1.165, 1.54) is 0 Å². The van der Waals surface area contributed by atoms with Crippen LogP contribution in [0.1, 0.15) is 17.3 Å². The van der Waals surface area contributed by atoms with Crippen LogP contribution in [0.5, 0.6) is 0 Å². The van der Waals surface area contributed by atoms with Crippen LogP contribution in [0.15, 0.2) is 16.7 Å². The molecule has 1 aromatic rings. The lowest BCUT2D eigenvalue weighted by molar-refractivity contribution is 0.0526. The first kappa shape index (κ1) is 10.2. The Labute approximate surface area is 86.0 Å². The molecule has 0 N–H and O–H groups in total. The van der Waals surface area contributed by atoms with Crippen LogP contribution in [0.2, 0.25) is 0 Å². The van der Waals surface area contributed by atoms with Gasteiger partial charge < -0.3 is 4.74 Å². The summed E-state index contributed by atoms with van der Waals surface area (Å²) in [5, 5.41) is 0. The molecule has 0 aliphatic heterocycles. The number of rotatable bonds is 2. The maximum Gasteiger partial charge on any atom is 0.338 e. The molecule has 0 saturated heterocycles. The molecular formula is C8H9BBrNO2. The maximum absolute atomic E-state index is 11.3. The van der Waals surface area contributed by atoms with E-state index in [1.807, 2.05) is 7.85 Å². The number of esters is 1. The molecule has 5 heteroatoms. The fourth-order valence-corrected chi connectivity index (χ4v) is 1.49. The van der Waals surface area contributed by atoms with Crippen molar-refractivity contribution < 1.29 is 9.53 Å². The molecule has 0 unspecified atom stereocenters. The minimum absolute atomic E-state index is 0.311. The van der Waals surface area contributed by atoms with Gasteiger partial charge in [0.05, 0.1) is 12.2 Å². The normalized spacial score (nSPS) is 9.69. The highest BCUT2D eigenvalue weighted by Gasteiger charge is 2.07. The van der Waals surface area contributed by atoms with Crippen molar-refractivity contribution in [3.8, 4) is 0 Å². The largest absolute Gasteiger partial charge is 0.462 e. The summed E-state index contributed by atoms with van der Waals surface area (Å²) in [5.74, 6) is -0.311. The molecule has 0 radical (unpaired) electrons. The molecule has 0 bridgehead atoms. The number of ether oxygens (including phenoxy) is 1. The standard InChI is InChI=1S/C8H9BBrNO2/c1-2-13-8(12)5-3-6(9)11-7(10)4-5/h3-4H,2,9H2,1H3. The Hall–Kier alpha value is -0.835. The first-order valence-corrected chi connectivity index (χ1v) is 4.74. The van der Waals surface area contributed by atoms with E-state index in [4.69, 9.17) is 4.74 Å². The highest BCUT2D eigenvalue weighted by atomic mass is 79.9. The number of hydrogen-bond acceptors (Lipinski definition) is 3. The maximum atomic E-state index is 11.3. The van der Waals surface area contributed by atoms with Crippen LogP contribution in [-0.2, 0) is 4.74 Å². The fraction of sp³-hybridized carbons (Fsp3) is 0.250. The van der Waals surface area contributed by atoms with Crippen molar-refractivity contribution in [1.29, 1.82) is 0 Å². The van der Waals surface area contributed by atoms with E-state index in [9.17, 15) is 4.79 Å². The van der Waals surface area contributed by atoms with Crippen LogP contribution in [-0.4, -0.2) is 25.4 Å². The van der Waals surface area contributed by atoms with Crippen LogP contribution in [0.25, 0.3) is 0 Å². The first-order valence-electron chi connectivity index (χ1n) is 3.94. The molecule has 68 valence electrons. The van der Waals surface area contributed by atoms with Gasteiger partial charge in [0.2, 0.25) is 0 Å². The van der Waals surface area contributed by atoms with E-state index >= 15 is 0 Å². The van der Waals surface area contributed by atoms with Gasteiger partial charge in [-0.05, 0) is 40.6 Å². The summed E-state index contributed by atoms with van der Waals surface area (Å²) in [7, 11) is 1.83. The van der Waals surface area contributed by atoms with Crippen molar-refractivity contribution in [2.45, 2.75) is 6.92 Å². The molecule has 13 heavy (non-hydrogen) atoms. The first-order chi connectivity index (χ1) is 6.13. The number of carbonyl (C=O) groups excluding carboxylic acids is 1. The summed E-state index contributed by atoms with van der Waals surface area (Å²) in [5.41, 5.74) is 1.32. The predicted molar refractivity (Wildman–Crippen MR) is 56.1 cm³/mol. The molecule has 0 spiro atoms. The molecular weight excluding hydrogens is 233 g/mol. The van der Waals surface area contributed by atoms with Crippen molar-refractivity contribution in [2.24, 2.45) is 0 Å². The smallest absolute Gasteiger partial charge is 0.338 e. The Balaban J connectivity index is 2.94. The minimum atomic E-state index is -0.311. The quantitative estimate of drug-likeness (QED) is 0.424. The third-order valence-corrected chi connectivity index (χ3v) is 1.84. The van der Waals surface area contributed by atoms with Crippen LogP contribution < -0.4 is 5.59 Å². The predicted octanol–water partition coefficient (Wildman–Crippen LogP) is 0.279. The minimum Gasteiger partial charge on any atom is -0.462 e. The van der Waals surface area contributed by atoms with Gasteiger partial charge in [0.25, 0.3) is 0 Å². The van der Waals surface area contributed by atoms with Gasteiger partial charge in [-0.2, -0.15) is 0 Å². The average molecular weight is 242 g/mol. The number of carbonyl (C=O) groups is 1. The van der Waals surface area contributed by atoms with Crippen molar-refractivity contribution in [3.63, 3.8) is 0 Å². The molecule has 1 heterocycles. The SMILES string of the molecule is Bc1cc(C(=O)OCC)cc(Br)n1. The van der Waals surface area contributed by atoms with E-state index in [0.717, 1.165) is 5.59 Å². The Morgan fingerprint density at radius 1 is 1.69 bits per heavy atom. The zero-order valence-electron chi connectivity index (χ0n) is 7.50. The zero-order chi connectivity index (χ0) is 9.84. The molecule has 0 aliphatic rings. The second-order valence-corrected chi connectivity index (χ2v) is 3.35. The fourth-order valence-electron chi connectivity index (χ4n) is 0.960. The van der Waals surface area contributed by atoms with E-state index < -0.39 is 0 Å². The summed E-state index contributed by atoms with van der Waals surface area (Å²) < 4.78 is 5.50. The van der Waals surface area contributed by atoms with Gasteiger partial charge in [-0.25, -0.2) is 4.79 Å². The van der Waals surface area contributed by atoms with Gasteiger partial charge in [-0.15, -0.1) is 0 Å². The Bertz CT molecular complexity index is 310. The molecule has 0 fully saturated rings. The van der Waals surface area contributed by atoms with Crippen molar-refractivity contribution in [2.75, 3.05) is 6.61 Å². The summed E-state index contributed by atoms with van der Waals surface area (Å²) in [4.78, 5) is 15.4. The summed E-state index contributed by atoms with van der Waals surface area (Å²) >= 11 is 3.21. The Morgan fingerprint density at radius 2 is 2.38 bits per heavy atom. The number of hydrogen-bond donors (Lipinski definition) is 0. The van der Waals surface area contributed by atoms with Crippen molar-refractivity contribution in [1.82, 2.24) is 4.98 Å². The second-order valence-electron chi connectivity index (χ2n) is 2.54. The van der Waals surface area contributed by atoms with Crippen LogP contribution in [0, 0.1) is 0 Å². The molecule has 1 rings (SSSR count). The number of halogens is 1. The molecule has 0 saturated carbocycles. The Morgan fingerprint density at radius 3 is 2.92 bits per heavy atom. The molecule has 0 aromatic carbocycles. The lowest BCUT2D eigenvalue weighted by atomic mass is 10.0. The lowest BCUT2D eigenvalue weighted by Gasteiger charge is -2.02. The van der Waals surface area contributed by atoms with Crippen LogP contribution in [0.4, 0.5) is 0 Å². The molecule has 0 aliphatic carbocycles. The van der Waals surface area contributed by atoms with Crippen LogP contribution in [0.3, 0.4) is 0 Å². The van der Waals surface area contributed by atoms with Gasteiger partial charge >= 0.3 is 5.97 Å². The molecule has 3 nitrogen and oxygen atoms in total. The number of aromatic nitrogens is 1. The van der Waals surface area contributed by atoms with Gasteiger partial charge in [-0.3, -0.25) is 4.98 Å². The molecule has 0 amide bonds. The highest BCUT2D eigenvalue weighted by molar-refractivity contribution is 9.10. The van der Waals surface area contributed by atoms with Crippen LogP contribution >= 0.6 is 15.9 Å². The number of nitrogens with zero attached hydrogens (tertiary/aromatic N) is 1. The van der Waals surface area contributed by atoms with E-state index in [0.29, 0.717) is 16.8 Å². The van der Waals surface area contributed by atoms with E-state index in [1.54, 1.807) is 19.1 Å². The monoisotopic (exact) mass is 241 g/mol. The lowest BCUT2D eigenvalue weighted by Crippen LogP contribution is -2.13. The van der Waals surface area contributed by atoms with Crippen molar-refractivity contribution >= 4 is 35.3 Å². The van der Waals surface area contributed by atoms with Crippen molar-refractivity contribution in [3.05, 3.63) is 22.3 Å². The van der Waals surface area contributed by atoms with E-state index in [2.05, 4.69) is 20.9 Å². The second kappa shape index (κ2) is 4.41. The van der Waals surface area contributed by atoms with Gasteiger partial charge in [0.15, 0.2) is 7.85 Å². The third-order valence-electron chi connectivity index (χ3n) is 1.43. The summed E-state index contributed by atoms with van der Waals surface area (Å²) in [6.07, 6.45) is 0. The van der Waals surface area contributed by atoms with Gasteiger partial charge in [-0.1, -0.05) is 0 Å². The highest BCUT2D eigenvalue weighted by Crippen LogP contribution is 2.07. The van der Waals surface area contributed by atoms with Gasteiger partial charge in [0, 0.05) is 0 Å².